The van der Waals surface area contributed by atoms with Gasteiger partial charge in [-0.1, -0.05) is 332 Å². The van der Waals surface area contributed by atoms with Crippen LogP contribution in [0.1, 0.15) is 296 Å². The fraction of sp³-hybridized carbons (Fsp3) is 0.651. The highest BCUT2D eigenvalue weighted by Gasteiger charge is 2.28. The first kappa shape index (κ1) is 87.9. The van der Waals surface area contributed by atoms with Crippen molar-refractivity contribution < 1.29 is 32.9 Å². The average Bonchev–Trinajstić information content (AvgIpc) is 2.63. The minimum atomic E-state index is -4.39. The Kier molecular flexibility index (Phi) is 68.0. The predicted octanol–water partition coefficient (Wildman–Crippen LogP) is 24.7. The Morgan fingerprint density at radius 1 is 0.380 bits per heavy atom. The van der Waals surface area contributed by atoms with Crippen LogP contribution < -0.4 is 5.32 Å². The van der Waals surface area contributed by atoms with Crippen molar-refractivity contribution in [3.05, 3.63) is 170 Å². The first-order chi connectivity index (χ1) is 45.0. The van der Waals surface area contributed by atoms with Crippen LogP contribution in [0.3, 0.4) is 0 Å². The quantitative estimate of drug-likeness (QED) is 0.0243. The van der Waals surface area contributed by atoms with Crippen LogP contribution in [0.2, 0.25) is 0 Å². The molecule has 3 atom stereocenters. The molecule has 0 aliphatic rings. The molecule has 524 valence electrons. The van der Waals surface area contributed by atoms with Gasteiger partial charge in [-0.3, -0.25) is 13.8 Å². The summed E-state index contributed by atoms with van der Waals surface area (Å²) in [5, 5.41) is 14.0. The molecule has 3 unspecified atom stereocenters. The summed E-state index contributed by atoms with van der Waals surface area (Å²) in [6.07, 6.45) is 112. The number of likely N-dealkylation sites (N-methyl/N-ethyl adjacent to an activating group) is 1. The number of carbonyl (C=O) groups is 1. The lowest BCUT2D eigenvalue weighted by Gasteiger charge is -2.25. The smallest absolute Gasteiger partial charge is 0.387 e. The molecule has 0 aliphatic heterocycles. The third-order valence-electron chi connectivity index (χ3n) is 15.9. The van der Waals surface area contributed by atoms with Crippen LogP contribution in [-0.4, -0.2) is 73.4 Å². The minimum Gasteiger partial charge on any atom is -0.387 e. The van der Waals surface area contributed by atoms with Crippen LogP contribution >= 0.6 is 7.82 Å². The number of hydrogen-bond donors (Lipinski definition) is 3. The first-order valence-corrected chi connectivity index (χ1v) is 39.0. The van der Waals surface area contributed by atoms with Gasteiger partial charge >= 0.3 is 7.82 Å². The summed E-state index contributed by atoms with van der Waals surface area (Å²) < 4.78 is 23.8. The van der Waals surface area contributed by atoms with Crippen molar-refractivity contribution >= 4 is 13.7 Å². The lowest BCUT2D eigenvalue weighted by molar-refractivity contribution is -0.870. The minimum absolute atomic E-state index is 0.0404. The summed E-state index contributed by atoms with van der Waals surface area (Å²) in [5.74, 6) is -0.215. The fourth-order valence-corrected chi connectivity index (χ4v) is 10.9. The van der Waals surface area contributed by atoms with Gasteiger partial charge in [0.25, 0.3) is 0 Å². The molecule has 0 fully saturated rings. The molecule has 0 aliphatic carbocycles. The first-order valence-electron chi connectivity index (χ1n) is 37.5. The van der Waals surface area contributed by atoms with Crippen LogP contribution in [0.15, 0.2) is 170 Å². The summed E-state index contributed by atoms with van der Waals surface area (Å²) in [6, 6.07) is -0.896. The number of rotatable bonds is 67. The van der Waals surface area contributed by atoms with Crippen molar-refractivity contribution in [2.45, 2.75) is 309 Å². The summed E-state index contributed by atoms with van der Waals surface area (Å²) in [5.41, 5.74) is 0. The average molecular weight is 1300 g/mol. The second-order valence-corrected chi connectivity index (χ2v) is 27.4. The number of nitrogens with zero attached hydrogens (tertiary/aromatic N) is 1. The molecule has 3 N–H and O–H groups in total. The molecular formula is C83H142N2O6P+. The SMILES string of the molecule is CC/C=C\C/C=C\C/C=C\C/C=C\C/C=C\C/C=C\C/C=C\C/C=C\C/C=C\C/C=C\C/C=C\CCCCCCCC(=O)NC(COP(=O)(O)OCC[N+](C)(C)C)C(O)/C=C/CC/C=C/CC/C=C/CCCCCCCCCCCCCCCCCCCCCCC. The summed E-state index contributed by atoms with van der Waals surface area (Å²) >= 11 is 0. The van der Waals surface area contributed by atoms with Gasteiger partial charge in [-0.05, 0) is 128 Å². The Morgan fingerprint density at radius 2 is 0.663 bits per heavy atom. The molecule has 9 heteroatoms. The maximum Gasteiger partial charge on any atom is 0.472 e. The molecule has 0 radical (unpaired) electrons. The van der Waals surface area contributed by atoms with E-state index in [1.165, 1.54) is 141 Å². The Bertz CT molecular complexity index is 2110. The molecular weight excluding hydrogens is 1150 g/mol. The van der Waals surface area contributed by atoms with E-state index in [0.29, 0.717) is 17.4 Å². The van der Waals surface area contributed by atoms with Crippen molar-refractivity contribution in [2.75, 3.05) is 40.9 Å². The molecule has 0 saturated carbocycles. The number of aliphatic hydroxyl groups excluding tert-OH is 1. The van der Waals surface area contributed by atoms with Gasteiger partial charge in [0.2, 0.25) is 5.91 Å². The zero-order chi connectivity index (χ0) is 66.9. The van der Waals surface area contributed by atoms with Crippen LogP contribution in [0.4, 0.5) is 0 Å². The molecule has 0 spiro atoms. The van der Waals surface area contributed by atoms with Gasteiger partial charge < -0.3 is 19.8 Å². The number of unbranched alkanes of at least 4 members (excludes halogenated alkanes) is 28. The molecule has 0 bridgehead atoms. The number of nitrogens with one attached hydrogen (secondary N) is 1. The number of phosphoric ester groups is 1. The number of phosphoric acid groups is 1. The van der Waals surface area contributed by atoms with E-state index in [4.69, 9.17) is 9.05 Å². The zero-order valence-corrected chi connectivity index (χ0v) is 60.9. The van der Waals surface area contributed by atoms with Gasteiger partial charge in [-0.2, -0.15) is 0 Å². The third-order valence-corrected chi connectivity index (χ3v) is 16.9. The number of aliphatic hydroxyl groups is 1. The number of allylic oxidation sites excluding steroid dienone is 27. The van der Waals surface area contributed by atoms with Gasteiger partial charge in [-0.15, -0.1) is 0 Å². The monoisotopic (exact) mass is 1290 g/mol. The molecule has 0 heterocycles. The highest BCUT2D eigenvalue weighted by molar-refractivity contribution is 7.47. The summed E-state index contributed by atoms with van der Waals surface area (Å²) in [4.78, 5) is 23.4. The molecule has 0 aromatic carbocycles. The van der Waals surface area contributed by atoms with Gasteiger partial charge in [-0.25, -0.2) is 4.57 Å². The fourth-order valence-electron chi connectivity index (χ4n) is 10.1. The summed E-state index contributed by atoms with van der Waals surface area (Å²) in [7, 11) is 1.51. The van der Waals surface area contributed by atoms with E-state index < -0.39 is 20.0 Å². The van der Waals surface area contributed by atoms with Crippen molar-refractivity contribution in [1.82, 2.24) is 5.32 Å². The molecule has 0 aromatic rings. The molecule has 0 aromatic heterocycles. The van der Waals surface area contributed by atoms with E-state index in [-0.39, 0.29) is 19.1 Å². The maximum absolute atomic E-state index is 13.1. The normalized spacial score (nSPS) is 14.6. The predicted molar refractivity (Wildman–Crippen MR) is 405 cm³/mol. The van der Waals surface area contributed by atoms with Gasteiger partial charge in [0.1, 0.15) is 13.2 Å². The number of amides is 1. The molecule has 8 nitrogen and oxygen atoms in total. The Morgan fingerprint density at radius 3 is 1.00 bits per heavy atom. The van der Waals surface area contributed by atoms with Crippen molar-refractivity contribution in [3.8, 4) is 0 Å². The Balaban J connectivity index is 4.22. The second-order valence-electron chi connectivity index (χ2n) is 25.9. The number of carbonyl (C=O) groups excluding carboxylic acids is 1. The van der Waals surface area contributed by atoms with Crippen molar-refractivity contribution in [3.63, 3.8) is 0 Å². The van der Waals surface area contributed by atoms with Crippen LogP contribution in [0.25, 0.3) is 0 Å². The van der Waals surface area contributed by atoms with E-state index in [9.17, 15) is 19.4 Å². The van der Waals surface area contributed by atoms with Crippen molar-refractivity contribution in [1.29, 1.82) is 0 Å². The van der Waals surface area contributed by atoms with E-state index in [0.717, 1.165) is 135 Å². The number of quaternary nitrogens is 1. The maximum atomic E-state index is 13.1. The van der Waals surface area contributed by atoms with Gasteiger partial charge in [0, 0.05) is 6.42 Å². The molecule has 1 amide bonds. The number of hydrogen-bond acceptors (Lipinski definition) is 5. The standard InChI is InChI=1S/C83H141N2O6P/c1-6-8-10-12-14-16-18-20-22-24-26-28-30-32-34-36-38-39-40-41-42-43-44-45-47-49-51-53-55-57-59-61-63-65-67-69-71-73-75-77-83(87)84-81(80-91-92(88,89)90-79-78-85(3,4)5)82(86)76-74-72-70-68-66-64-62-60-58-56-54-52-50-48-46-37-35-33-31-29-27-25-23-21-19-17-15-13-11-9-7-2/h8,10,14,16,20,22,26,28,32,34,38-39,41-42,44-45,49,51,55,57-58,60-61,63,66,68,74,76,81-82,86H,6-7,9,11-13,15,17-19,21,23-25,27,29-31,33,35-37,40,43,46-48,50,52-54,56,59,62,64-65,67,69-73,75,77-80H2,1-5H3,(H-,84,87,88,89)/p+1/b10-8-,16-14-,22-20-,28-26-,34-32-,39-38-,42-41-,45-44-,51-49-,57-55-,60-58+,63-61-,68-66+,76-74+. The second kappa shape index (κ2) is 71.2. The van der Waals surface area contributed by atoms with Crippen molar-refractivity contribution in [2.24, 2.45) is 0 Å². The van der Waals surface area contributed by atoms with E-state index in [1.807, 2.05) is 27.2 Å². The molecule has 92 heavy (non-hydrogen) atoms. The van der Waals surface area contributed by atoms with E-state index in [1.54, 1.807) is 6.08 Å². The van der Waals surface area contributed by atoms with E-state index >= 15 is 0 Å². The third kappa shape index (κ3) is 73.3. The summed E-state index contributed by atoms with van der Waals surface area (Å²) in [6.45, 7) is 4.66. The zero-order valence-electron chi connectivity index (χ0n) is 60.0. The molecule has 0 rings (SSSR count). The Labute approximate surface area is 568 Å². The molecule has 0 saturated heterocycles. The van der Waals surface area contributed by atoms with E-state index in [2.05, 4.69) is 177 Å². The van der Waals surface area contributed by atoms with Gasteiger partial charge in [0.05, 0.1) is 39.9 Å². The lowest BCUT2D eigenvalue weighted by atomic mass is 10.0. The van der Waals surface area contributed by atoms with Crippen LogP contribution in [0.5, 0.6) is 0 Å². The van der Waals surface area contributed by atoms with Crippen LogP contribution in [0, 0.1) is 0 Å². The largest absolute Gasteiger partial charge is 0.472 e. The van der Waals surface area contributed by atoms with Gasteiger partial charge in [0.15, 0.2) is 0 Å². The lowest BCUT2D eigenvalue weighted by Crippen LogP contribution is -2.45. The topological polar surface area (TPSA) is 105 Å². The highest BCUT2D eigenvalue weighted by atomic mass is 31.2. The Hall–Kier alpha value is -4.14. The highest BCUT2D eigenvalue weighted by Crippen LogP contribution is 2.43. The van der Waals surface area contributed by atoms with Crippen LogP contribution in [-0.2, 0) is 18.4 Å².